The average molecular weight is 346 g/mol. The summed E-state index contributed by atoms with van der Waals surface area (Å²) in [6.07, 6.45) is 2.21. The van der Waals surface area contributed by atoms with Crippen LogP contribution in [0.2, 0.25) is 0 Å². The predicted molar refractivity (Wildman–Crippen MR) is 91.1 cm³/mol. The van der Waals surface area contributed by atoms with Crippen LogP contribution in [-0.4, -0.2) is 32.2 Å². The second kappa shape index (κ2) is 6.83. The highest BCUT2D eigenvalue weighted by Gasteiger charge is 2.28. The Morgan fingerprint density at radius 3 is 2.70 bits per heavy atom. The SMILES string of the molecule is N#Cc1ccc(S(=O)(=O)CCN2CCC[C@H]2c2cccs2)cc1. The summed E-state index contributed by atoms with van der Waals surface area (Å²) in [5.41, 5.74) is 0.473. The summed E-state index contributed by atoms with van der Waals surface area (Å²) in [4.78, 5) is 3.88. The number of sulfone groups is 1. The van der Waals surface area contributed by atoms with Crippen LogP contribution in [0.1, 0.15) is 29.3 Å². The highest BCUT2D eigenvalue weighted by molar-refractivity contribution is 7.91. The van der Waals surface area contributed by atoms with Crippen molar-refractivity contribution in [2.24, 2.45) is 0 Å². The molecule has 120 valence electrons. The lowest BCUT2D eigenvalue weighted by atomic mass is 10.2. The van der Waals surface area contributed by atoms with Crippen molar-refractivity contribution in [3.8, 4) is 6.07 Å². The van der Waals surface area contributed by atoms with Gasteiger partial charge in [-0.2, -0.15) is 5.26 Å². The molecule has 2 aromatic rings. The highest BCUT2D eigenvalue weighted by Crippen LogP contribution is 2.34. The van der Waals surface area contributed by atoms with Gasteiger partial charge < -0.3 is 0 Å². The van der Waals surface area contributed by atoms with E-state index in [9.17, 15) is 8.42 Å². The standard InChI is InChI=1S/C17H18N2O2S2/c18-13-14-5-7-15(8-6-14)23(20,21)12-10-19-9-1-3-16(19)17-4-2-11-22-17/h2,4-8,11,16H,1,3,9-10,12H2/t16-/m0/s1. The van der Waals surface area contributed by atoms with Crippen LogP contribution < -0.4 is 0 Å². The molecule has 0 unspecified atom stereocenters. The van der Waals surface area contributed by atoms with Crippen molar-refractivity contribution in [1.82, 2.24) is 4.90 Å². The minimum atomic E-state index is -3.31. The number of nitriles is 1. The Morgan fingerprint density at radius 1 is 1.26 bits per heavy atom. The Bertz CT molecular complexity index is 790. The molecule has 3 rings (SSSR count). The van der Waals surface area contributed by atoms with Crippen LogP contribution in [0.15, 0.2) is 46.7 Å². The van der Waals surface area contributed by atoms with E-state index in [0.29, 0.717) is 23.0 Å². The van der Waals surface area contributed by atoms with Gasteiger partial charge in [-0.3, -0.25) is 4.90 Å². The number of likely N-dealkylation sites (tertiary alicyclic amines) is 1. The van der Waals surface area contributed by atoms with Gasteiger partial charge in [-0.1, -0.05) is 6.07 Å². The van der Waals surface area contributed by atoms with Gasteiger partial charge in [0.15, 0.2) is 9.84 Å². The van der Waals surface area contributed by atoms with Crippen molar-refractivity contribution in [3.63, 3.8) is 0 Å². The maximum Gasteiger partial charge on any atom is 0.179 e. The number of rotatable bonds is 5. The van der Waals surface area contributed by atoms with Crippen molar-refractivity contribution < 1.29 is 8.42 Å². The summed E-state index contributed by atoms with van der Waals surface area (Å²) >= 11 is 1.74. The smallest absolute Gasteiger partial charge is 0.179 e. The summed E-state index contributed by atoms with van der Waals surface area (Å²) in [6, 6.07) is 12.7. The van der Waals surface area contributed by atoms with E-state index in [2.05, 4.69) is 16.3 Å². The number of nitrogens with zero attached hydrogens (tertiary/aromatic N) is 2. The zero-order chi connectivity index (χ0) is 16.3. The molecule has 4 nitrogen and oxygen atoms in total. The molecular formula is C17H18N2O2S2. The van der Waals surface area contributed by atoms with E-state index in [0.717, 1.165) is 19.4 Å². The van der Waals surface area contributed by atoms with E-state index in [4.69, 9.17) is 5.26 Å². The summed E-state index contributed by atoms with van der Waals surface area (Å²) in [7, 11) is -3.31. The average Bonchev–Trinajstić information content (AvgIpc) is 3.24. The summed E-state index contributed by atoms with van der Waals surface area (Å²) in [5.74, 6) is 0.112. The first-order chi connectivity index (χ1) is 11.1. The normalized spacial score (nSPS) is 18.8. The summed E-state index contributed by atoms with van der Waals surface area (Å²) < 4.78 is 24.9. The van der Waals surface area contributed by atoms with Gasteiger partial charge in [-0.05, 0) is 55.1 Å². The van der Waals surface area contributed by atoms with Gasteiger partial charge in [0, 0.05) is 17.5 Å². The van der Waals surface area contributed by atoms with Gasteiger partial charge in [-0.25, -0.2) is 8.42 Å². The molecule has 1 fully saturated rings. The first-order valence-corrected chi connectivity index (χ1v) is 10.1. The van der Waals surface area contributed by atoms with Crippen LogP contribution in [0.25, 0.3) is 0 Å². The van der Waals surface area contributed by atoms with Gasteiger partial charge in [0.1, 0.15) is 0 Å². The zero-order valence-corrected chi connectivity index (χ0v) is 14.3. The highest BCUT2D eigenvalue weighted by atomic mass is 32.2. The molecule has 0 bridgehead atoms. The molecule has 0 aliphatic carbocycles. The van der Waals surface area contributed by atoms with Gasteiger partial charge in [0.05, 0.1) is 22.3 Å². The number of benzene rings is 1. The molecule has 0 N–H and O–H groups in total. The quantitative estimate of drug-likeness (QED) is 0.834. The lowest BCUT2D eigenvalue weighted by molar-refractivity contribution is 0.276. The van der Waals surface area contributed by atoms with Crippen LogP contribution in [0, 0.1) is 11.3 Å². The third-order valence-electron chi connectivity index (χ3n) is 4.23. The first-order valence-electron chi connectivity index (χ1n) is 7.60. The lowest BCUT2D eigenvalue weighted by Gasteiger charge is -2.23. The largest absolute Gasteiger partial charge is 0.294 e. The molecule has 6 heteroatoms. The van der Waals surface area contributed by atoms with E-state index in [1.54, 1.807) is 23.5 Å². The fourth-order valence-corrected chi connectivity index (χ4v) is 5.15. The number of thiophene rings is 1. The van der Waals surface area contributed by atoms with Crippen molar-refractivity contribution in [2.75, 3.05) is 18.8 Å². The van der Waals surface area contributed by atoms with Gasteiger partial charge in [0.25, 0.3) is 0 Å². The third-order valence-corrected chi connectivity index (χ3v) is 6.91. The molecule has 23 heavy (non-hydrogen) atoms. The predicted octanol–water partition coefficient (Wildman–Crippen LogP) is 3.23. The van der Waals surface area contributed by atoms with E-state index < -0.39 is 9.84 Å². The summed E-state index contributed by atoms with van der Waals surface area (Å²) in [5, 5.41) is 10.9. The zero-order valence-electron chi connectivity index (χ0n) is 12.7. The van der Waals surface area contributed by atoms with Crippen LogP contribution >= 0.6 is 11.3 Å². The maximum atomic E-state index is 12.5. The van der Waals surface area contributed by atoms with Crippen molar-refractivity contribution >= 4 is 21.2 Å². The van der Waals surface area contributed by atoms with E-state index >= 15 is 0 Å². The van der Waals surface area contributed by atoms with Crippen LogP contribution in [0.5, 0.6) is 0 Å². The Labute approximate surface area is 140 Å². The Morgan fingerprint density at radius 2 is 2.04 bits per heavy atom. The minimum absolute atomic E-state index is 0.112. The molecule has 1 aliphatic rings. The van der Waals surface area contributed by atoms with Crippen LogP contribution in [-0.2, 0) is 9.84 Å². The van der Waals surface area contributed by atoms with Gasteiger partial charge in [0.2, 0.25) is 0 Å². The minimum Gasteiger partial charge on any atom is -0.294 e. The molecule has 1 aromatic heterocycles. The van der Waals surface area contributed by atoms with E-state index in [1.807, 2.05) is 12.1 Å². The monoisotopic (exact) mass is 346 g/mol. The molecule has 0 amide bonds. The Kier molecular flexibility index (Phi) is 4.81. The van der Waals surface area contributed by atoms with Crippen molar-refractivity contribution in [2.45, 2.75) is 23.8 Å². The summed E-state index contributed by atoms with van der Waals surface area (Å²) in [6.45, 7) is 1.50. The van der Waals surface area contributed by atoms with Crippen molar-refractivity contribution in [3.05, 3.63) is 52.2 Å². The molecule has 1 aliphatic heterocycles. The van der Waals surface area contributed by atoms with E-state index in [-0.39, 0.29) is 5.75 Å². The molecule has 2 heterocycles. The van der Waals surface area contributed by atoms with Crippen LogP contribution in [0.4, 0.5) is 0 Å². The number of hydrogen-bond donors (Lipinski definition) is 0. The van der Waals surface area contributed by atoms with Crippen LogP contribution in [0.3, 0.4) is 0 Å². The second-order valence-corrected chi connectivity index (χ2v) is 8.75. The van der Waals surface area contributed by atoms with E-state index in [1.165, 1.54) is 17.0 Å². The topological polar surface area (TPSA) is 61.2 Å². The Balaban J connectivity index is 1.68. The fraction of sp³-hybridized carbons (Fsp3) is 0.353. The number of hydrogen-bond acceptors (Lipinski definition) is 5. The maximum absolute atomic E-state index is 12.5. The molecule has 0 saturated carbocycles. The molecular weight excluding hydrogens is 328 g/mol. The Hall–Kier alpha value is -1.68. The van der Waals surface area contributed by atoms with Crippen molar-refractivity contribution in [1.29, 1.82) is 5.26 Å². The van der Waals surface area contributed by atoms with Gasteiger partial charge in [-0.15, -0.1) is 11.3 Å². The molecule has 1 aromatic carbocycles. The second-order valence-electron chi connectivity index (χ2n) is 5.66. The molecule has 0 radical (unpaired) electrons. The fourth-order valence-electron chi connectivity index (χ4n) is 2.99. The molecule has 1 saturated heterocycles. The van der Waals surface area contributed by atoms with Gasteiger partial charge >= 0.3 is 0 Å². The third kappa shape index (κ3) is 3.63. The first kappa shape index (κ1) is 16.2. The molecule has 0 spiro atoms. The molecule has 1 atom stereocenters. The lowest BCUT2D eigenvalue weighted by Crippen LogP contribution is -2.28.